The minimum Gasteiger partial charge on any atom is -0.477 e. The maximum Gasteiger partial charge on any atom is 0.213 e. The summed E-state index contributed by atoms with van der Waals surface area (Å²) < 4.78 is 11.3. The maximum atomic E-state index is 5.89. The van der Waals surface area contributed by atoms with Gasteiger partial charge in [-0.25, -0.2) is 4.98 Å². The molecule has 0 aromatic carbocycles. The molecule has 1 atom stereocenters. The van der Waals surface area contributed by atoms with Crippen LogP contribution in [-0.4, -0.2) is 48.3 Å². The van der Waals surface area contributed by atoms with Gasteiger partial charge in [0.15, 0.2) is 0 Å². The lowest BCUT2D eigenvalue weighted by Gasteiger charge is -2.42. The van der Waals surface area contributed by atoms with Crippen molar-refractivity contribution in [2.24, 2.45) is 5.92 Å². The number of hydrogen-bond acceptors (Lipinski definition) is 4. The third-order valence-corrected chi connectivity index (χ3v) is 4.37. The van der Waals surface area contributed by atoms with Crippen LogP contribution >= 0.6 is 0 Å². The zero-order valence-corrected chi connectivity index (χ0v) is 14.5. The van der Waals surface area contributed by atoms with E-state index in [4.69, 9.17) is 9.47 Å². The summed E-state index contributed by atoms with van der Waals surface area (Å²) in [6, 6.07) is 6.00. The Morgan fingerprint density at radius 3 is 2.73 bits per heavy atom. The first-order valence-electron chi connectivity index (χ1n) is 8.43. The molecule has 0 amide bonds. The number of aromatic nitrogens is 1. The van der Waals surface area contributed by atoms with E-state index >= 15 is 0 Å². The molecule has 0 radical (unpaired) electrons. The van der Waals surface area contributed by atoms with Gasteiger partial charge in [0.05, 0.1) is 19.8 Å². The van der Waals surface area contributed by atoms with Crippen molar-refractivity contribution in [1.82, 2.24) is 9.88 Å². The third-order valence-electron chi connectivity index (χ3n) is 4.37. The predicted molar refractivity (Wildman–Crippen MR) is 89.4 cm³/mol. The lowest BCUT2D eigenvalue weighted by molar-refractivity contribution is -0.0192. The zero-order valence-electron chi connectivity index (χ0n) is 14.5. The van der Waals surface area contributed by atoms with Crippen LogP contribution in [0.2, 0.25) is 0 Å². The molecule has 1 fully saturated rings. The van der Waals surface area contributed by atoms with Gasteiger partial charge in [0.25, 0.3) is 0 Å². The highest BCUT2D eigenvalue weighted by atomic mass is 16.5. The average Bonchev–Trinajstić information content (AvgIpc) is 2.53. The molecule has 1 unspecified atom stereocenters. The quantitative estimate of drug-likeness (QED) is 0.775. The van der Waals surface area contributed by atoms with E-state index in [1.165, 1.54) is 0 Å². The fourth-order valence-electron chi connectivity index (χ4n) is 3.17. The molecule has 1 aromatic rings. The van der Waals surface area contributed by atoms with Gasteiger partial charge >= 0.3 is 0 Å². The van der Waals surface area contributed by atoms with Gasteiger partial charge in [-0.15, -0.1) is 0 Å². The number of ether oxygens (including phenoxy) is 2. The molecule has 2 rings (SSSR count). The Morgan fingerprint density at radius 2 is 2.05 bits per heavy atom. The summed E-state index contributed by atoms with van der Waals surface area (Å²) in [6.45, 7) is 13.5. The van der Waals surface area contributed by atoms with Crippen LogP contribution in [0, 0.1) is 5.92 Å². The molecule has 0 N–H and O–H groups in total. The molecule has 0 aliphatic carbocycles. The SMILES string of the molecule is CCc1cccc(OCC(C)CC(C)(C)N2CCOCC2)n1. The van der Waals surface area contributed by atoms with Gasteiger partial charge in [0.1, 0.15) is 0 Å². The van der Waals surface area contributed by atoms with Gasteiger partial charge in [-0.05, 0) is 38.7 Å². The molecule has 4 nitrogen and oxygen atoms in total. The summed E-state index contributed by atoms with van der Waals surface area (Å²) in [4.78, 5) is 7.03. The first-order valence-corrected chi connectivity index (χ1v) is 8.43. The highest BCUT2D eigenvalue weighted by Gasteiger charge is 2.29. The van der Waals surface area contributed by atoms with Crippen molar-refractivity contribution in [2.45, 2.75) is 46.1 Å². The van der Waals surface area contributed by atoms with E-state index in [9.17, 15) is 0 Å². The Hall–Kier alpha value is -1.13. The van der Waals surface area contributed by atoms with Gasteiger partial charge in [-0.1, -0.05) is 19.9 Å². The smallest absolute Gasteiger partial charge is 0.213 e. The van der Waals surface area contributed by atoms with E-state index in [2.05, 4.69) is 37.6 Å². The molecule has 0 bridgehead atoms. The van der Waals surface area contributed by atoms with E-state index in [1.54, 1.807) is 0 Å². The second kappa shape index (κ2) is 7.93. The molecule has 4 heteroatoms. The molecule has 1 aromatic heterocycles. The lowest BCUT2D eigenvalue weighted by Crippen LogP contribution is -2.50. The Kier molecular flexibility index (Phi) is 6.21. The Balaban J connectivity index is 1.82. The second-order valence-corrected chi connectivity index (χ2v) is 6.85. The number of morpholine rings is 1. The van der Waals surface area contributed by atoms with Crippen molar-refractivity contribution < 1.29 is 9.47 Å². The molecule has 0 spiro atoms. The molecule has 1 aliphatic heterocycles. The van der Waals surface area contributed by atoms with Crippen molar-refractivity contribution in [2.75, 3.05) is 32.9 Å². The molecule has 0 saturated carbocycles. The van der Waals surface area contributed by atoms with Crippen molar-refractivity contribution in [3.8, 4) is 5.88 Å². The van der Waals surface area contributed by atoms with Gasteiger partial charge in [0, 0.05) is 30.4 Å². The van der Waals surface area contributed by atoms with Gasteiger partial charge in [-0.3, -0.25) is 4.90 Å². The minimum atomic E-state index is 0.186. The number of hydrogen-bond donors (Lipinski definition) is 0. The Bertz CT molecular complexity index is 456. The number of pyridine rings is 1. The average molecular weight is 306 g/mol. The van der Waals surface area contributed by atoms with E-state index in [-0.39, 0.29) is 5.54 Å². The predicted octanol–water partition coefficient (Wildman–Crippen LogP) is 3.16. The minimum absolute atomic E-state index is 0.186. The van der Waals surface area contributed by atoms with Crippen LogP contribution in [0.25, 0.3) is 0 Å². The van der Waals surface area contributed by atoms with E-state index in [0.29, 0.717) is 12.5 Å². The van der Waals surface area contributed by atoms with E-state index in [0.717, 1.165) is 50.7 Å². The summed E-state index contributed by atoms with van der Waals surface area (Å²) in [5.41, 5.74) is 1.27. The Labute approximate surface area is 134 Å². The summed E-state index contributed by atoms with van der Waals surface area (Å²) >= 11 is 0. The van der Waals surface area contributed by atoms with Gasteiger partial charge in [0.2, 0.25) is 5.88 Å². The fourth-order valence-corrected chi connectivity index (χ4v) is 3.17. The fraction of sp³-hybridized carbons (Fsp3) is 0.722. The van der Waals surface area contributed by atoms with E-state index < -0.39 is 0 Å². The van der Waals surface area contributed by atoms with Crippen molar-refractivity contribution in [1.29, 1.82) is 0 Å². The highest BCUT2D eigenvalue weighted by Crippen LogP contribution is 2.25. The summed E-state index contributed by atoms with van der Waals surface area (Å²) in [7, 11) is 0. The first kappa shape index (κ1) is 17.2. The summed E-state index contributed by atoms with van der Waals surface area (Å²) in [6.07, 6.45) is 2.05. The zero-order chi connectivity index (χ0) is 16.0. The van der Waals surface area contributed by atoms with Crippen molar-refractivity contribution in [3.05, 3.63) is 23.9 Å². The monoisotopic (exact) mass is 306 g/mol. The standard InChI is InChI=1S/C18H30N2O2/c1-5-16-7-6-8-17(19-16)22-14-15(2)13-18(3,4)20-9-11-21-12-10-20/h6-8,15H,5,9-14H2,1-4H3. The molecule has 22 heavy (non-hydrogen) atoms. The largest absolute Gasteiger partial charge is 0.477 e. The van der Waals surface area contributed by atoms with Gasteiger partial charge < -0.3 is 9.47 Å². The van der Waals surface area contributed by atoms with Crippen LogP contribution in [0.3, 0.4) is 0 Å². The highest BCUT2D eigenvalue weighted by molar-refractivity contribution is 5.15. The van der Waals surface area contributed by atoms with Crippen molar-refractivity contribution >= 4 is 0 Å². The van der Waals surface area contributed by atoms with Crippen LogP contribution in [0.5, 0.6) is 5.88 Å². The van der Waals surface area contributed by atoms with Crippen LogP contribution in [0.1, 0.15) is 39.8 Å². The normalized spacial score (nSPS) is 18.2. The topological polar surface area (TPSA) is 34.6 Å². The Morgan fingerprint density at radius 1 is 1.32 bits per heavy atom. The molecule has 2 heterocycles. The van der Waals surface area contributed by atoms with Crippen LogP contribution in [-0.2, 0) is 11.2 Å². The number of nitrogens with zero attached hydrogens (tertiary/aromatic N) is 2. The first-order chi connectivity index (χ1) is 10.5. The van der Waals surface area contributed by atoms with Crippen molar-refractivity contribution in [3.63, 3.8) is 0 Å². The number of aryl methyl sites for hydroxylation is 1. The molecular weight excluding hydrogens is 276 g/mol. The maximum absolute atomic E-state index is 5.89. The van der Waals surface area contributed by atoms with E-state index in [1.807, 2.05) is 18.2 Å². The second-order valence-electron chi connectivity index (χ2n) is 6.85. The third kappa shape index (κ3) is 4.96. The van der Waals surface area contributed by atoms with Gasteiger partial charge in [-0.2, -0.15) is 0 Å². The summed E-state index contributed by atoms with van der Waals surface area (Å²) in [5, 5.41) is 0. The summed E-state index contributed by atoms with van der Waals surface area (Å²) in [5.74, 6) is 1.24. The molecular formula is C18H30N2O2. The lowest BCUT2D eigenvalue weighted by atomic mass is 9.90. The van der Waals surface area contributed by atoms with Crippen LogP contribution in [0.15, 0.2) is 18.2 Å². The number of rotatable bonds is 7. The molecule has 124 valence electrons. The molecule has 1 saturated heterocycles. The van der Waals surface area contributed by atoms with Crippen LogP contribution in [0.4, 0.5) is 0 Å². The van der Waals surface area contributed by atoms with Crippen LogP contribution < -0.4 is 4.74 Å². The molecule has 1 aliphatic rings.